The number of anilines is 1. The molecular formula is C19H24F2N6O. The Balaban J connectivity index is 2.38. The highest BCUT2D eigenvalue weighted by molar-refractivity contribution is 6.10. The first-order valence-corrected chi connectivity index (χ1v) is 8.71. The molecule has 1 aromatic rings. The van der Waals surface area contributed by atoms with Gasteiger partial charge in [-0.05, 0) is 12.1 Å². The van der Waals surface area contributed by atoms with E-state index < -0.39 is 11.6 Å². The van der Waals surface area contributed by atoms with Crippen LogP contribution in [0.25, 0.3) is 5.57 Å². The molecule has 0 atom stereocenters. The van der Waals surface area contributed by atoms with Crippen molar-refractivity contribution in [1.82, 2.24) is 15.5 Å². The normalized spacial score (nSPS) is 14.6. The Hall–Kier alpha value is -3.23. The second kappa shape index (κ2) is 9.12. The highest BCUT2D eigenvalue weighted by Crippen LogP contribution is 2.27. The molecule has 0 bridgehead atoms. The number of hydrogen-bond acceptors (Lipinski definition) is 5. The molecule has 5 N–H and O–H groups in total. The lowest BCUT2D eigenvalue weighted by atomic mass is 10.0. The van der Waals surface area contributed by atoms with Gasteiger partial charge in [0.05, 0.1) is 17.8 Å². The molecule has 28 heavy (non-hydrogen) atoms. The second-order valence-electron chi connectivity index (χ2n) is 6.21. The Kier molecular flexibility index (Phi) is 6.86. The molecule has 1 amide bonds. The molecular weight excluding hydrogens is 366 g/mol. The minimum Gasteiger partial charge on any atom is -0.393 e. The van der Waals surface area contributed by atoms with E-state index in [0.717, 1.165) is 18.0 Å². The Morgan fingerprint density at radius 1 is 1.29 bits per heavy atom. The van der Waals surface area contributed by atoms with E-state index in [1.807, 2.05) is 0 Å². The molecule has 1 aliphatic rings. The number of halogens is 2. The van der Waals surface area contributed by atoms with Gasteiger partial charge in [0.2, 0.25) is 5.91 Å². The number of allylic oxidation sites excluding steroid dienone is 1. The maximum absolute atomic E-state index is 14.9. The molecule has 1 heterocycles. The summed E-state index contributed by atoms with van der Waals surface area (Å²) in [7, 11) is 3.29. The van der Waals surface area contributed by atoms with E-state index in [4.69, 9.17) is 10.8 Å². The van der Waals surface area contributed by atoms with Crippen molar-refractivity contribution in [3.63, 3.8) is 0 Å². The molecule has 0 aliphatic carbocycles. The van der Waals surface area contributed by atoms with Crippen molar-refractivity contribution in [3.8, 4) is 0 Å². The first-order valence-electron chi connectivity index (χ1n) is 8.71. The van der Waals surface area contributed by atoms with Crippen LogP contribution in [-0.4, -0.2) is 50.0 Å². The van der Waals surface area contributed by atoms with Gasteiger partial charge in [-0.2, -0.15) is 0 Å². The third-order valence-electron chi connectivity index (χ3n) is 4.49. The van der Waals surface area contributed by atoms with Crippen LogP contribution in [0, 0.1) is 22.5 Å². The van der Waals surface area contributed by atoms with Gasteiger partial charge in [0.15, 0.2) is 5.82 Å². The summed E-state index contributed by atoms with van der Waals surface area (Å²) >= 11 is 0. The maximum Gasteiger partial charge on any atom is 0.219 e. The van der Waals surface area contributed by atoms with E-state index in [0.29, 0.717) is 18.5 Å². The van der Waals surface area contributed by atoms with Gasteiger partial charge in [-0.15, -0.1) is 0 Å². The van der Waals surface area contributed by atoms with Crippen LogP contribution in [0.3, 0.4) is 0 Å². The number of amidine groups is 1. The van der Waals surface area contributed by atoms with Gasteiger partial charge in [-0.25, -0.2) is 8.78 Å². The third kappa shape index (κ3) is 4.36. The quantitative estimate of drug-likeness (QED) is 0.380. The van der Waals surface area contributed by atoms with Crippen LogP contribution in [0.2, 0.25) is 0 Å². The highest BCUT2D eigenvalue weighted by atomic mass is 19.1. The van der Waals surface area contributed by atoms with Crippen LogP contribution >= 0.6 is 0 Å². The van der Waals surface area contributed by atoms with E-state index in [9.17, 15) is 13.6 Å². The first kappa shape index (κ1) is 21.1. The predicted octanol–water partition coefficient (Wildman–Crippen LogP) is 2.29. The summed E-state index contributed by atoms with van der Waals surface area (Å²) in [5, 5.41) is 24.1. The summed E-state index contributed by atoms with van der Waals surface area (Å²) < 4.78 is 29.1. The van der Waals surface area contributed by atoms with Gasteiger partial charge < -0.3 is 26.3 Å². The van der Waals surface area contributed by atoms with Gasteiger partial charge >= 0.3 is 0 Å². The van der Waals surface area contributed by atoms with Crippen molar-refractivity contribution in [1.29, 1.82) is 10.8 Å². The minimum atomic E-state index is -0.902. The number of hydrogen-bond donors (Lipinski definition) is 5. The van der Waals surface area contributed by atoms with Crippen molar-refractivity contribution in [2.24, 2.45) is 0 Å². The topological polar surface area (TPSA) is 104 Å². The Labute approximate surface area is 162 Å². The Bertz CT molecular complexity index is 862. The molecule has 150 valence electrons. The second-order valence-corrected chi connectivity index (χ2v) is 6.21. The third-order valence-corrected chi connectivity index (χ3v) is 4.49. The zero-order chi connectivity index (χ0) is 20.8. The Morgan fingerprint density at radius 3 is 2.57 bits per heavy atom. The summed E-state index contributed by atoms with van der Waals surface area (Å²) in [5.74, 6) is -1.90. The fourth-order valence-corrected chi connectivity index (χ4v) is 3.00. The van der Waals surface area contributed by atoms with Gasteiger partial charge in [0, 0.05) is 63.2 Å². The fraction of sp³-hybridized carbons (Fsp3) is 0.316. The van der Waals surface area contributed by atoms with Crippen LogP contribution in [-0.2, 0) is 4.79 Å². The number of carbonyl (C=O) groups is 1. The standard InChI is InChI=1S/C19H24F2N6O/c1-11(28)27-7-6-15(25-3)13(10-27)19(23)26-16-5-4-14(20)17(18(16)21)12(8-22)9-24-2/h4-5,8-9,22,24-25H,6-7,10H2,1-3H3,(H2,23,26)/b12-9+,22-8?. The number of carbonyl (C=O) groups excluding carboxylic acids is 1. The van der Waals surface area contributed by atoms with Gasteiger partial charge in [-0.3, -0.25) is 10.2 Å². The van der Waals surface area contributed by atoms with E-state index >= 15 is 0 Å². The minimum absolute atomic E-state index is 0.0308. The molecule has 1 aromatic carbocycles. The average molecular weight is 390 g/mol. The van der Waals surface area contributed by atoms with E-state index in [-0.39, 0.29) is 35.1 Å². The number of nitrogens with one attached hydrogen (secondary N) is 5. The van der Waals surface area contributed by atoms with Crippen molar-refractivity contribution in [3.05, 3.63) is 46.8 Å². The van der Waals surface area contributed by atoms with Crippen LogP contribution < -0.4 is 16.0 Å². The lowest BCUT2D eigenvalue weighted by Crippen LogP contribution is -2.40. The molecule has 0 radical (unpaired) electrons. The molecule has 7 nitrogen and oxygen atoms in total. The van der Waals surface area contributed by atoms with E-state index in [1.165, 1.54) is 19.2 Å². The Morgan fingerprint density at radius 2 is 2.00 bits per heavy atom. The number of nitrogens with zero attached hydrogens (tertiary/aromatic N) is 1. The lowest BCUT2D eigenvalue weighted by molar-refractivity contribution is -0.128. The number of rotatable bonds is 6. The van der Waals surface area contributed by atoms with E-state index in [1.54, 1.807) is 19.0 Å². The zero-order valence-electron chi connectivity index (χ0n) is 16.0. The predicted molar refractivity (Wildman–Crippen MR) is 106 cm³/mol. The molecule has 0 unspecified atom stereocenters. The van der Waals surface area contributed by atoms with Crippen molar-refractivity contribution >= 4 is 29.2 Å². The van der Waals surface area contributed by atoms with Gasteiger partial charge in [0.1, 0.15) is 11.7 Å². The van der Waals surface area contributed by atoms with Gasteiger partial charge in [0.25, 0.3) is 0 Å². The van der Waals surface area contributed by atoms with Crippen molar-refractivity contribution in [2.75, 3.05) is 32.5 Å². The summed E-state index contributed by atoms with van der Waals surface area (Å²) in [5.41, 5.74) is 0.899. The summed E-state index contributed by atoms with van der Waals surface area (Å²) in [6.07, 6.45) is 2.72. The van der Waals surface area contributed by atoms with Crippen LogP contribution in [0.1, 0.15) is 18.9 Å². The molecule has 9 heteroatoms. The summed E-state index contributed by atoms with van der Waals surface area (Å²) in [4.78, 5) is 13.3. The molecule has 0 saturated carbocycles. The number of amides is 1. The van der Waals surface area contributed by atoms with Crippen LogP contribution in [0.15, 0.2) is 29.6 Å². The first-order chi connectivity index (χ1) is 13.3. The molecule has 0 fully saturated rings. The molecule has 1 aliphatic heterocycles. The number of benzene rings is 1. The summed E-state index contributed by atoms with van der Waals surface area (Å²) in [6.45, 7) is 2.21. The highest BCUT2D eigenvalue weighted by Gasteiger charge is 2.24. The van der Waals surface area contributed by atoms with Crippen LogP contribution in [0.4, 0.5) is 14.5 Å². The molecule has 0 spiro atoms. The maximum atomic E-state index is 14.9. The molecule has 2 rings (SSSR count). The van der Waals surface area contributed by atoms with Crippen molar-refractivity contribution in [2.45, 2.75) is 13.3 Å². The molecule has 0 saturated heterocycles. The average Bonchev–Trinajstić information content (AvgIpc) is 2.68. The van der Waals surface area contributed by atoms with Gasteiger partial charge in [-0.1, -0.05) is 0 Å². The van der Waals surface area contributed by atoms with Crippen LogP contribution in [0.5, 0.6) is 0 Å². The monoisotopic (exact) mass is 390 g/mol. The zero-order valence-corrected chi connectivity index (χ0v) is 16.0. The smallest absolute Gasteiger partial charge is 0.219 e. The fourth-order valence-electron chi connectivity index (χ4n) is 3.00. The summed E-state index contributed by atoms with van der Waals surface area (Å²) in [6, 6.07) is 2.28. The molecule has 0 aromatic heterocycles. The largest absolute Gasteiger partial charge is 0.393 e. The van der Waals surface area contributed by atoms with E-state index in [2.05, 4.69) is 16.0 Å². The lowest BCUT2D eigenvalue weighted by Gasteiger charge is -2.30. The van der Waals surface area contributed by atoms with Crippen molar-refractivity contribution < 1.29 is 13.6 Å². The SMILES string of the molecule is CN/C=C(\C=N)c1c(F)ccc(NC(=N)C2=C(NC)CCN(C(C)=O)C2)c1F.